The highest BCUT2D eigenvalue weighted by molar-refractivity contribution is 5.95. The number of anilines is 1. The molecule has 0 saturated heterocycles. The molecule has 0 spiro atoms. The number of nitrogens with two attached hydrogens (primary N) is 1. The van der Waals surface area contributed by atoms with Crippen LogP contribution in [0.1, 0.15) is 11.6 Å². The van der Waals surface area contributed by atoms with Crippen molar-refractivity contribution in [2.24, 2.45) is 5.73 Å². The van der Waals surface area contributed by atoms with E-state index in [0.717, 1.165) is 5.56 Å². The Bertz CT molecular complexity index is 402. The van der Waals surface area contributed by atoms with Gasteiger partial charge in [-0.2, -0.15) is 0 Å². The lowest BCUT2D eigenvalue weighted by molar-refractivity contribution is -0.118. The summed E-state index contributed by atoms with van der Waals surface area (Å²) in [6.45, 7) is 0.586. The zero-order valence-corrected chi connectivity index (χ0v) is 9.12. The van der Waals surface area contributed by atoms with Crippen molar-refractivity contribution in [2.45, 2.75) is 6.04 Å². The summed E-state index contributed by atoms with van der Waals surface area (Å²) in [7, 11) is 1.85. The van der Waals surface area contributed by atoms with Crippen LogP contribution in [0.3, 0.4) is 0 Å². The maximum Gasteiger partial charge on any atom is 0.262 e. The van der Waals surface area contributed by atoms with E-state index in [1.807, 2.05) is 25.2 Å². The Hall–Kier alpha value is -1.59. The smallest absolute Gasteiger partial charge is 0.262 e. The van der Waals surface area contributed by atoms with Gasteiger partial charge in [0, 0.05) is 12.6 Å². The lowest BCUT2D eigenvalue weighted by Gasteiger charge is -2.21. The Balaban J connectivity index is 2.30. The Morgan fingerprint density at radius 1 is 1.62 bits per heavy atom. The molecule has 0 aliphatic carbocycles. The van der Waals surface area contributed by atoms with Crippen LogP contribution in [0.2, 0.25) is 0 Å². The fourth-order valence-electron chi connectivity index (χ4n) is 1.74. The van der Waals surface area contributed by atoms with Crippen molar-refractivity contribution in [2.75, 3.05) is 25.5 Å². The second-order valence-corrected chi connectivity index (χ2v) is 3.67. The molecule has 1 aromatic rings. The lowest BCUT2D eigenvalue weighted by atomic mass is 10.1. The fourth-order valence-corrected chi connectivity index (χ4v) is 1.74. The number of nitrogens with one attached hydrogen (secondary N) is 2. The topological polar surface area (TPSA) is 76.4 Å². The summed E-state index contributed by atoms with van der Waals surface area (Å²) in [6, 6.07) is 5.78. The molecule has 1 heterocycles. The van der Waals surface area contributed by atoms with Crippen molar-refractivity contribution in [3.8, 4) is 5.75 Å². The highest BCUT2D eigenvalue weighted by Gasteiger charge is 2.17. The first-order valence-corrected chi connectivity index (χ1v) is 5.18. The summed E-state index contributed by atoms with van der Waals surface area (Å²) in [5.41, 5.74) is 7.38. The molecule has 0 fully saturated rings. The van der Waals surface area contributed by atoms with Crippen LogP contribution in [-0.2, 0) is 4.79 Å². The van der Waals surface area contributed by atoms with Crippen molar-refractivity contribution in [1.29, 1.82) is 0 Å². The summed E-state index contributed by atoms with van der Waals surface area (Å²) >= 11 is 0. The molecule has 5 heteroatoms. The van der Waals surface area contributed by atoms with Crippen LogP contribution in [0, 0.1) is 0 Å². The molecule has 0 aromatic heterocycles. The first-order valence-electron chi connectivity index (χ1n) is 5.18. The molecule has 0 bridgehead atoms. The van der Waals surface area contributed by atoms with Crippen LogP contribution in [-0.4, -0.2) is 26.1 Å². The first-order chi connectivity index (χ1) is 7.74. The number of carbonyl (C=O) groups excluding carboxylic acids is 1. The fraction of sp³-hybridized carbons (Fsp3) is 0.364. The lowest BCUT2D eigenvalue weighted by Crippen LogP contribution is -2.27. The minimum absolute atomic E-state index is 0.0820. The van der Waals surface area contributed by atoms with Gasteiger partial charge in [-0.15, -0.1) is 0 Å². The third kappa shape index (κ3) is 2.00. The van der Waals surface area contributed by atoms with Gasteiger partial charge in [-0.1, -0.05) is 6.07 Å². The maximum absolute atomic E-state index is 11.2. The van der Waals surface area contributed by atoms with Gasteiger partial charge in [0.2, 0.25) is 0 Å². The molecular formula is C11H15N3O2. The van der Waals surface area contributed by atoms with Crippen molar-refractivity contribution >= 4 is 11.6 Å². The molecule has 1 amide bonds. The van der Waals surface area contributed by atoms with Gasteiger partial charge in [0.05, 0.1) is 5.69 Å². The van der Waals surface area contributed by atoms with Crippen molar-refractivity contribution < 1.29 is 9.53 Å². The van der Waals surface area contributed by atoms with E-state index in [4.69, 9.17) is 10.5 Å². The molecule has 16 heavy (non-hydrogen) atoms. The molecule has 1 aliphatic heterocycles. The molecule has 4 N–H and O–H groups in total. The van der Waals surface area contributed by atoms with Crippen LogP contribution in [0.15, 0.2) is 18.2 Å². The average Bonchev–Trinajstić information content (AvgIpc) is 2.30. The van der Waals surface area contributed by atoms with E-state index >= 15 is 0 Å². The second-order valence-electron chi connectivity index (χ2n) is 3.67. The van der Waals surface area contributed by atoms with Crippen LogP contribution in [0.5, 0.6) is 5.75 Å². The predicted octanol–water partition coefficient (Wildman–Crippen LogP) is 0.237. The Morgan fingerprint density at radius 2 is 2.44 bits per heavy atom. The summed E-state index contributed by atoms with van der Waals surface area (Å²) in [4.78, 5) is 11.2. The molecule has 2 rings (SSSR count). The molecule has 0 saturated carbocycles. The maximum atomic E-state index is 11.2. The molecule has 1 aromatic carbocycles. The number of benzene rings is 1. The van der Waals surface area contributed by atoms with Gasteiger partial charge in [-0.3, -0.25) is 4.79 Å². The summed E-state index contributed by atoms with van der Waals surface area (Å²) in [6.07, 6.45) is 0. The number of carbonyl (C=O) groups is 1. The normalized spacial score (nSPS) is 16.0. The van der Waals surface area contributed by atoms with Gasteiger partial charge in [0.25, 0.3) is 5.91 Å². The summed E-state index contributed by atoms with van der Waals surface area (Å²) in [5.74, 6) is 0.577. The Morgan fingerprint density at radius 3 is 3.12 bits per heavy atom. The molecule has 1 atom stereocenters. The van der Waals surface area contributed by atoms with Gasteiger partial charge >= 0.3 is 0 Å². The van der Waals surface area contributed by atoms with Crippen molar-refractivity contribution in [1.82, 2.24) is 5.32 Å². The quantitative estimate of drug-likeness (QED) is 0.683. The van der Waals surface area contributed by atoms with E-state index in [1.54, 1.807) is 0 Å². The van der Waals surface area contributed by atoms with Crippen LogP contribution in [0.4, 0.5) is 5.69 Å². The van der Waals surface area contributed by atoms with Crippen molar-refractivity contribution in [3.05, 3.63) is 23.8 Å². The monoisotopic (exact) mass is 221 g/mol. The molecule has 1 aliphatic rings. The van der Waals surface area contributed by atoms with E-state index in [1.165, 1.54) is 0 Å². The number of hydrogen-bond donors (Lipinski definition) is 3. The number of amides is 1. The van der Waals surface area contributed by atoms with Gasteiger partial charge in [0.15, 0.2) is 6.61 Å². The molecule has 5 nitrogen and oxygen atoms in total. The number of ether oxygens (including phenoxy) is 1. The Kier molecular flexibility index (Phi) is 3.07. The van der Waals surface area contributed by atoms with Gasteiger partial charge < -0.3 is 21.1 Å². The zero-order chi connectivity index (χ0) is 11.5. The molecule has 0 radical (unpaired) electrons. The standard InChI is InChI=1S/C11H15N3O2/c1-13-9(5-12)7-2-3-10-8(4-7)14-11(15)6-16-10/h2-4,9,13H,5-6,12H2,1H3,(H,14,15). The van der Waals surface area contributed by atoms with E-state index < -0.39 is 0 Å². The predicted molar refractivity (Wildman–Crippen MR) is 61.4 cm³/mol. The molecule has 1 unspecified atom stereocenters. The average molecular weight is 221 g/mol. The van der Waals surface area contributed by atoms with Crippen LogP contribution in [0.25, 0.3) is 0 Å². The van der Waals surface area contributed by atoms with Gasteiger partial charge in [0.1, 0.15) is 5.75 Å². The highest BCUT2D eigenvalue weighted by atomic mass is 16.5. The number of rotatable bonds is 3. The van der Waals surface area contributed by atoms with E-state index in [2.05, 4.69) is 10.6 Å². The number of likely N-dealkylation sites (N-methyl/N-ethyl adjacent to an activating group) is 1. The highest BCUT2D eigenvalue weighted by Crippen LogP contribution is 2.30. The van der Waals surface area contributed by atoms with E-state index in [-0.39, 0.29) is 18.6 Å². The Labute approximate surface area is 94.0 Å². The summed E-state index contributed by atoms with van der Waals surface area (Å²) in [5, 5.41) is 5.88. The molecular weight excluding hydrogens is 206 g/mol. The van der Waals surface area contributed by atoms with Gasteiger partial charge in [-0.05, 0) is 24.7 Å². The van der Waals surface area contributed by atoms with Crippen molar-refractivity contribution in [3.63, 3.8) is 0 Å². The second kappa shape index (κ2) is 4.51. The van der Waals surface area contributed by atoms with Crippen LogP contribution >= 0.6 is 0 Å². The SMILES string of the molecule is CNC(CN)c1ccc2c(c1)NC(=O)CO2. The largest absolute Gasteiger partial charge is 0.482 e. The summed E-state index contributed by atoms with van der Waals surface area (Å²) < 4.78 is 5.27. The first kappa shape index (κ1) is 10.9. The number of fused-ring (bicyclic) bond motifs is 1. The van der Waals surface area contributed by atoms with E-state index in [0.29, 0.717) is 18.0 Å². The zero-order valence-electron chi connectivity index (χ0n) is 9.12. The molecule has 86 valence electrons. The van der Waals surface area contributed by atoms with E-state index in [9.17, 15) is 4.79 Å². The minimum Gasteiger partial charge on any atom is -0.482 e. The number of hydrogen-bond acceptors (Lipinski definition) is 4. The van der Waals surface area contributed by atoms with Crippen LogP contribution < -0.4 is 21.1 Å². The van der Waals surface area contributed by atoms with Gasteiger partial charge in [-0.25, -0.2) is 0 Å². The third-order valence-corrected chi connectivity index (χ3v) is 2.62. The third-order valence-electron chi connectivity index (χ3n) is 2.62. The minimum atomic E-state index is -0.126.